The molecular weight excluding hydrogens is 228 g/mol. The maximum Gasteiger partial charge on any atom is 0.237 e. The van der Waals surface area contributed by atoms with E-state index in [0.29, 0.717) is 5.92 Å². The Kier molecular flexibility index (Phi) is 3.57. The van der Waals surface area contributed by atoms with Crippen molar-refractivity contribution < 1.29 is 9.90 Å². The quantitative estimate of drug-likeness (QED) is 0.681. The average Bonchev–Trinajstić information content (AvgIpc) is 2.93. The van der Waals surface area contributed by atoms with Crippen LogP contribution in [0.2, 0.25) is 0 Å². The van der Waals surface area contributed by atoms with Crippen LogP contribution in [0.15, 0.2) is 0 Å². The molecule has 3 fully saturated rings. The fourth-order valence-electron chi connectivity index (χ4n) is 3.99. The highest BCUT2D eigenvalue weighted by molar-refractivity contribution is 5.82. The van der Waals surface area contributed by atoms with Gasteiger partial charge in [0.2, 0.25) is 5.91 Å². The number of carbonyl (C=O) groups is 1. The van der Waals surface area contributed by atoms with Crippen molar-refractivity contribution in [1.29, 1.82) is 0 Å². The standard InChI is InChI=1S/C14H24N2O2/c17-11-6-4-10(5-7-11)16-14(18)13-12-3-1-2-9(12)8-15-13/h9-13,15,17H,1-8H2,(H,16,18). The van der Waals surface area contributed by atoms with Gasteiger partial charge in [0.05, 0.1) is 12.1 Å². The third kappa shape index (κ3) is 2.41. The van der Waals surface area contributed by atoms with Gasteiger partial charge in [-0.15, -0.1) is 0 Å². The monoisotopic (exact) mass is 252 g/mol. The molecule has 0 spiro atoms. The molecule has 4 heteroatoms. The summed E-state index contributed by atoms with van der Waals surface area (Å²) in [5, 5.41) is 16.0. The van der Waals surface area contributed by atoms with Gasteiger partial charge in [0.1, 0.15) is 0 Å². The predicted molar refractivity (Wildman–Crippen MR) is 69.0 cm³/mol. The number of rotatable bonds is 2. The third-order valence-corrected chi connectivity index (χ3v) is 5.07. The fourth-order valence-corrected chi connectivity index (χ4v) is 3.99. The maximum atomic E-state index is 12.3. The van der Waals surface area contributed by atoms with Gasteiger partial charge in [-0.2, -0.15) is 0 Å². The van der Waals surface area contributed by atoms with Crippen LogP contribution in [0.4, 0.5) is 0 Å². The van der Waals surface area contributed by atoms with Crippen molar-refractivity contribution in [2.45, 2.75) is 63.1 Å². The molecule has 0 aromatic heterocycles. The van der Waals surface area contributed by atoms with E-state index in [-0.39, 0.29) is 24.1 Å². The zero-order valence-corrected chi connectivity index (χ0v) is 10.9. The van der Waals surface area contributed by atoms with Crippen molar-refractivity contribution in [2.24, 2.45) is 11.8 Å². The minimum atomic E-state index is -0.151. The van der Waals surface area contributed by atoms with Crippen molar-refractivity contribution in [3.05, 3.63) is 0 Å². The second-order valence-electron chi connectivity index (χ2n) is 6.25. The Bertz CT molecular complexity index is 313. The lowest BCUT2D eigenvalue weighted by Gasteiger charge is -2.28. The van der Waals surface area contributed by atoms with Gasteiger partial charge in [-0.3, -0.25) is 4.79 Å². The zero-order chi connectivity index (χ0) is 12.5. The Morgan fingerprint density at radius 2 is 1.89 bits per heavy atom. The Balaban J connectivity index is 1.52. The van der Waals surface area contributed by atoms with E-state index in [1.54, 1.807) is 0 Å². The Hall–Kier alpha value is -0.610. The average molecular weight is 252 g/mol. The number of aliphatic hydroxyl groups is 1. The van der Waals surface area contributed by atoms with Gasteiger partial charge in [0.25, 0.3) is 0 Å². The molecule has 1 aliphatic heterocycles. The van der Waals surface area contributed by atoms with Crippen molar-refractivity contribution in [1.82, 2.24) is 10.6 Å². The second kappa shape index (κ2) is 5.17. The van der Waals surface area contributed by atoms with Gasteiger partial charge in [0, 0.05) is 6.04 Å². The van der Waals surface area contributed by atoms with Crippen molar-refractivity contribution in [3.63, 3.8) is 0 Å². The first kappa shape index (κ1) is 12.4. The summed E-state index contributed by atoms with van der Waals surface area (Å²) in [6.45, 7) is 1.02. The Labute approximate surface area is 109 Å². The summed E-state index contributed by atoms with van der Waals surface area (Å²) in [4.78, 5) is 12.3. The second-order valence-corrected chi connectivity index (χ2v) is 6.25. The van der Waals surface area contributed by atoms with E-state index in [9.17, 15) is 9.90 Å². The summed E-state index contributed by atoms with van der Waals surface area (Å²) in [6, 6.07) is 0.326. The zero-order valence-electron chi connectivity index (χ0n) is 10.9. The van der Waals surface area contributed by atoms with Crippen LogP contribution in [0, 0.1) is 11.8 Å². The number of hydrogen-bond acceptors (Lipinski definition) is 3. The molecule has 3 rings (SSSR count). The van der Waals surface area contributed by atoms with Crippen LogP contribution < -0.4 is 10.6 Å². The van der Waals surface area contributed by atoms with Crippen LogP contribution in [0.25, 0.3) is 0 Å². The molecule has 102 valence electrons. The summed E-state index contributed by atoms with van der Waals surface area (Å²) < 4.78 is 0. The van der Waals surface area contributed by atoms with Gasteiger partial charge < -0.3 is 15.7 Å². The van der Waals surface area contributed by atoms with E-state index in [0.717, 1.165) is 38.1 Å². The van der Waals surface area contributed by atoms with Crippen LogP contribution in [0.3, 0.4) is 0 Å². The van der Waals surface area contributed by atoms with Crippen molar-refractivity contribution >= 4 is 5.91 Å². The number of nitrogens with one attached hydrogen (secondary N) is 2. The first-order valence-corrected chi connectivity index (χ1v) is 7.46. The minimum absolute atomic E-state index is 0.0457. The van der Waals surface area contributed by atoms with Crippen LogP contribution in [0.5, 0.6) is 0 Å². The summed E-state index contributed by atoms with van der Waals surface area (Å²) in [7, 11) is 0. The highest BCUT2D eigenvalue weighted by Crippen LogP contribution is 2.37. The Morgan fingerprint density at radius 1 is 1.11 bits per heavy atom. The molecular formula is C14H24N2O2. The van der Waals surface area contributed by atoms with E-state index in [2.05, 4.69) is 10.6 Å². The largest absolute Gasteiger partial charge is 0.393 e. The fraction of sp³-hybridized carbons (Fsp3) is 0.929. The first-order valence-electron chi connectivity index (χ1n) is 7.46. The van der Waals surface area contributed by atoms with Gasteiger partial charge in [-0.1, -0.05) is 6.42 Å². The molecule has 2 saturated carbocycles. The molecule has 3 aliphatic rings. The number of carbonyl (C=O) groups excluding carboxylic acids is 1. The highest BCUT2D eigenvalue weighted by atomic mass is 16.3. The number of aliphatic hydroxyl groups excluding tert-OH is 1. The van der Waals surface area contributed by atoms with Crippen LogP contribution in [0.1, 0.15) is 44.9 Å². The summed E-state index contributed by atoms with van der Waals surface area (Å²) in [5.41, 5.74) is 0. The van der Waals surface area contributed by atoms with Crippen molar-refractivity contribution in [3.8, 4) is 0 Å². The smallest absolute Gasteiger partial charge is 0.237 e. The SMILES string of the molecule is O=C(NC1CCC(O)CC1)C1NCC2CCCC21. The first-order chi connectivity index (χ1) is 8.74. The van der Waals surface area contributed by atoms with E-state index < -0.39 is 0 Å². The lowest BCUT2D eigenvalue weighted by atomic mass is 9.91. The van der Waals surface area contributed by atoms with Gasteiger partial charge >= 0.3 is 0 Å². The summed E-state index contributed by atoms with van der Waals surface area (Å²) in [5.74, 6) is 1.50. The lowest BCUT2D eigenvalue weighted by molar-refractivity contribution is -0.124. The summed E-state index contributed by atoms with van der Waals surface area (Å²) >= 11 is 0. The molecule has 0 aromatic carbocycles. The summed E-state index contributed by atoms with van der Waals surface area (Å²) in [6.07, 6.45) is 7.14. The minimum Gasteiger partial charge on any atom is -0.393 e. The molecule has 1 heterocycles. The molecule has 1 amide bonds. The third-order valence-electron chi connectivity index (χ3n) is 5.07. The normalized spacial score (nSPS) is 43.7. The van der Waals surface area contributed by atoms with Crippen LogP contribution >= 0.6 is 0 Å². The molecule has 0 aromatic rings. The van der Waals surface area contributed by atoms with Gasteiger partial charge in [-0.25, -0.2) is 0 Å². The lowest BCUT2D eigenvalue weighted by Crippen LogP contribution is -2.48. The molecule has 2 aliphatic carbocycles. The van der Waals surface area contributed by atoms with Gasteiger partial charge in [0.15, 0.2) is 0 Å². The van der Waals surface area contributed by atoms with E-state index in [1.165, 1.54) is 19.3 Å². The van der Waals surface area contributed by atoms with Crippen LogP contribution in [-0.2, 0) is 4.79 Å². The molecule has 1 saturated heterocycles. The molecule has 4 nitrogen and oxygen atoms in total. The number of hydrogen-bond donors (Lipinski definition) is 3. The number of fused-ring (bicyclic) bond motifs is 1. The van der Waals surface area contributed by atoms with E-state index in [1.807, 2.05) is 0 Å². The predicted octanol–water partition coefficient (Wildman–Crippen LogP) is 0.794. The number of amides is 1. The molecule has 3 atom stereocenters. The van der Waals surface area contributed by atoms with Crippen molar-refractivity contribution in [2.75, 3.05) is 6.54 Å². The van der Waals surface area contributed by atoms with Crippen LogP contribution in [-0.4, -0.2) is 35.7 Å². The highest BCUT2D eigenvalue weighted by Gasteiger charge is 2.42. The molecule has 3 unspecified atom stereocenters. The molecule has 0 radical (unpaired) electrons. The van der Waals surface area contributed by atoms with E-state index >= 15 is 0 Å². The topological polar surface area (TPSA) is 61.4 Å². The van der Waals surface area contributed by atoms with E-state index in [4.69, 9.17) is 0 Å². The molecule has 0 bridgehead atoms. The Morgan fingerprint density at radius 3 is 2.67 bits per heavy atom. The molecule has 3 N–H and O–H groups in total. The molecule has 18 heavy (non-hydrogen) atoms. The van der Waals surface area contributed by atoms with Gasteiger partial charge in [-0.05, 0) is 56.9 Å². The maximum absolute atomic E-state index is 12.3.